The van der Waals surface area contributed by atoms with E-state index in [0.29, 0.717) is 31.5 Å². The van der Waals surface area contributed by atoms with Gasteiger partial charge in [0.15, 0.2) is 0 Å². The largest absolute Gasteiger partial charge is 0.381 e. The van der Waals surface area contributed by atoms with Crippen LogP contribution in [0.4, 0.5) is 4.39 Å². The first-order valence-corrected chi connectivity index (χ1v) is 9.41. The minimum atomic E-state index is -0.622. The van der Waals surface area contributed by atoms with E-state index in [1.54, 1.807) is 12.0 Å². The van der Waals surface area contributed by atoms with Gasteiger partial charge in [-0.1, -0.05) is 17.7 Å². The molecule has 0 spiro atoms. The van der Waals surface area contributed by atoms with Crippen LogP contribution in [0.2, 0.25) is 0 Å². The number of allylic oxidation sites excluding steroid dienone is 5. The lowest BCUT2D eigenvalue weighted by molar-refractivity contribution is -0.113. The van der Waals surface area contributed by atoms with Crippen molar-refractivity contribution < 1.29 is 18.7 Å². The van der Waals surface area contributed by atoms with Gasteiger partial charge in [0.05, 0.1) is 17.4 Å². The molecular formula is C21H23ClFN3O3. The number of primary amides is 1. The summed E-state index contributed by atoms with van der Waals surface area (Å²) in [7, 11) is 1.64. The fourth-order valence-corrected chi connectivity index (χ4v) is 3.01. The van der Waals surface area contributed by atoms with Gasteiger partial charge in [-0.05, 0) is 49.3 Å². The summed E-state index contributed by atoms with van der Waals surface area (Å²) in [6.45, 7) is 1.00. The lowest BCUT2D eigenvalue weighted by Gasteiger charge is -2.31. The summed E-state index contributed by atoms with van der Waals surface area (Å²) in [6, 6.07) is 4.00. The molecule has 2 rings (SSSR count). The molecule has 154 valence electrons. The number of nitrogens with two attached hydrogens (primary N) is 1. The molecule has 1 aromatic rings. The normalized spacial score (nSPS) is 16.0. The van der Waals surface area contributed by atoms with Crippen molar-refractivity contribution in [2.45, 2.75) is 18.9 Å². The summed E-state index contributed by atoms with van der Waals surface area (Å²) in [5.41, 5.74) is 5.40. The van der Waals surface area contributed by atoms with Gasteiger partial charge in [-0.15, -0.1) is 0 Å². The number of carbonyl (C=O) groups is 2. The van der Waals surface area contributed by atoms with Crippen molar-refractivity contribution in [3.63, 3.8) is 0 Å². The summed E-state index contributed by atoms with van der Waals surface area (Å²) in [5.74, 6) is -1.64. The summed E-state index contributed by atoms with van der Waals surface area (Å²) in [4.78, 5) is 25.0. The molecule has 29 heavy (non-hydrogen) atoms. The van der Waals surface area contributed by atoms with Crippen LogP contribution in [0.3, 0.4) is 0 Å². The number of nitrogens with one attached hydrogen (secondary N) is 1. The molecule has 8 heteroatoms. The van der Waals surface area contributed by atoms with Gasteiger partial charge in [0.25, 0.3) is 5.91 Å². The molecular weight excluding hydrogens is 397 g/mol. The van der Waals surface area contributed by atoms with Gasteiger partial charge in [0, 0.05) is 36.9 Å². The highest BCUT2D eigenvalue weighted by Crippen LogP contribution is 2.19. The smallest absolute Gasteiger partial charge is 0.256 e. The maximum Gasteiger partial charge on any atom is 0.256 e. The molecule has 0 saturated carbocycles. The van der Waals surface area contributed by atoms with E-state index in [0.717, 1.165) is 6.08 Å². The number of benzene rings is 1. The van der Waals surface area contributed by atoms with E-state index < -0.39 is 17.6 Å². The Morgan fingerprint density at radius 1 is 1.28 bits per heavy atom. The zero-order valence-electron chi connectivity index (χ0n) is 16.0. The Kier molecular flexibility index (Phi) is 8.30. The number of ether oxygens (including phenoxy) is 1. The van der Waals surface area contributed by atoms with Crippen molar-refractivity contribution in [3.8, 4) is 0 Å². The lowest BCUT2D eigenvalue weighted by Crippen LogP contribution is -2.41. The minimum Gasteiger partial charge on any atom is -0.381 e. The first-order valence-electron chi connectivity index (χ1n) is 9.03. The van der Waals surface area contributed by atoms with Gasteiger partial charge in [0.1, 0.15) is 5.82 Å². The van der Waals surface area contributed by atoms with Crippen LogP contribution in [0.25, 0.3) is 0 Å². The number of carbonyl (C=O) groups excluding carboxylic acids is 2. The number of nitrogens with zero attached hydrogens (tertiary/aromatic N) is 1. The Morgan fingerprint density at radius 3 is 2.59 bits per heavy atom. The first-order chi connectivity index (χ1) is 13.8. The third-order valence-electron chi connectivity index (χ3n) is 4.50. The number of piperidine rings is 1. The van der Waals surface area contributed by atoms with E-state index in [9.17, 15) is 14.0 Å². The molecule has 3 N–H and O–H groups in total. The minimum absolute atomic E-state index is 0.0607. The average molecular weight is 420 g/mol. The quantitative estimate of drug-likeness (QED) is 0.403. The third kappa shape index (κ3) is 6.66. The van der Waals surface area contributed by atoms with Crippen LogP contribution in [0.1, 0.15) is 28.8 Å². The van der Waals surface area contributed by atoms with Crippen molar-refractivity contribution in [2.24, 2.45) is 5.73 Å². The predicted octanol–water partition coefficient (Wildman–Crippen LogP) is 3.16. The Bertz CT molecular complexity index is 872. The van der Waals surface area contributed by atoms with Crippen molar-refractivity contribution in [2.75, 3.05) is 20.2 Å². The van der Waals surface area contributed by atoms with Crippen LogP contribution in [-0.4, -0.2) is 48.7 Å². The second kappa shape index (κ2) is 10.7. The van der Waals surface area contributed by atoms with Gasteiger partial charge in [-0.3, -0.25) is 9.59 Å². The molecule has 1 aromatic carbocycles. The average Bonchev–Trinajstić information content (AvgIpc) is 2.72. The molecule has 0 unspecified atom stereocenters. The van der Waals surface area contributed by atoms with Crippen LogP contribution >= 0.6 is 11.6 Å². The Morgan fingerprint density at radius 2 is 1.97 bits per heavy atom. The van der Waals surface area contributed by atoms with E-state index in [1.165, 1.54) is 42.5 Å². The van der Waals surface area contributed by atoms with Crippen LogP contribution in [0, 0.1) is 11.2 Å². The van der Waals surface area contributed by atoms with Gasteiger partial charge in [-0.25, -0.2) is 4.39 Å². The number of methoxy groups -OCH3 is 1. The van der Waals surface area contributed by atoms with E-state index in [4.69, 9.17) is 27.5 Å². The van der Waals surface area contributed by atoms with Crippen LogP contribution in [0.5, 0.6) is 0 Å². The molecule has 6 nitrogen and oxygen atoms in total. The Hall–Kier alpha value is -2.77. The summed E-state index contributed by atoms with van der Waals surface area (Å²) in [5, 5.41) is 8.39. The maximum atomic E-state index is 14.3. The zero-order chi connectivity index (χ0) is 21.4. The van der Waals surface area contributed by atoms with E-state index in [1.807, 2.05) is 0 Å². The van der Waals surface area contributed by atoms with Gasteiger partial charge in [-0.2, -0.15) is 0 Å². The Balaban J connectivity index is 2.10. The fraction of sp³-hybridized carbons (Fsp3) is 0.286. The second-order valence-electron chi connectivity index (χ2n) is 6.48. The molecule has 1 heterocycles. The van der Waals surface area contributed by atoms with Crippen molar-refractivity contribution in [1.29, 1.82) is 5.41 Å². The number of rotatable bonds is 7. The van der Waals surface area contributed by atoms with Crippen LogP contribution in [-0.2, 0) is 9.53 Å². The van der Waals surface area contributed by atoms with Gasteiger partial charge in [0.2, 0.25) is 5.91 Å². The summed E-state index contributed by atoms with van der Waals surface area (Å²) >= 11 is 5.88. The number of hydrogen-bond donors (Lipinski definition) is 2. The van der Waals surface area contributed by atoms with E-state index in [-0.39, 0.29) is 22.4 Å². The van der Waals surface area contributed by atoms with Crippen molar-refractivity contribution >= 4 is 29.1 Å². The number of halogens is 2. The molecule has 2 amide bonds. The van der Waals surface area contributed by atoms with E-state index in [2.05, 4.69) is 0 Å². The molecule has 0 atom stereocenters. The topological polar surface area (TPSA) is 96.5 Å². The standard InChI is InChI=1S/C21H23ClFN3O3/c1-29-16-9-11-26(12-10-16)21(28)17-13-14(5-7-18(17)23)19(24)4-2-3-15(22)6-8-20(25)27/h2-8,13,16,24H,9-12H2,1H3,(H2,25,27)/b4-2-,8-6+,15-3-,24-19?. The molecule has 1 saturated heterocycles. The first kappa shape index (κ1) is 22.5. The van der Waals surface area contributed by atoms with Crippen LogP contribution < -0.4 is 5.73 Å². The highest BCUT2D eigenvalue weighted by molar-refractivity contribution is 6.31. The number of likely N-dealkylation sites (tertiary alicyclic amines) is 1. The number of amides is 2. The van der Waals surface area contributed by atoms with E-state index >= 15 is 0 Å². The highest BCUT2D eigenvalue weighted by atomic mass is 35.5. The summed E-state index contributed by atoms with van der Waals surface area (Å²) in [6.07, 6.45) is 8.42. The van der Waals surface area contributed by atoms with Crippen molar-refractivity contribution in [3.05, 3.63) is 70.6 Å². The molecule has 0 aliphatic carbocycles. The Labute approximate surface area is 174 Å². The van der Waals surface area contributed by atoms with Gasteiger partial charge >= 0.3 is 0 Å². The molecule has 1 fully saturated rings. The number of hydrogen-bond acceptors (Lipinski definition) is 4. The van der Waals surface area contributed by atoms with Crippen LogP contribution in [0.15, 0.2) is 53.6 Å². The fourth-order valence-electron chi connectivity index (χ4n) is 2.87. The molecule has 0 bridgehead atoms. The molecule has 1 aliphatic rings. The van der Waals surface area contributed by atoms with Gasteiger partial charge < -0.3 is 20.8 Å². The molecule has 1 aliphatic heterocycles. The zero-order valence-corrected chi connectivity index (χ0v) is 16.8. The summed E-state index contributed by atoms with van der Waals surface area (Å²) < 4.78 is 19.5. The highest BCUT2D eigenvalue weighted by Gasteiger charge is 2.25. The lowest BCUT2D eigenvalue weighted by atomic mass is 10.0. The monoisotopic (exact) mass is 419 g/mol. The second-order valence-corrected chi connectivity index (χ2v) is 6.92. The molecule has 0 radical (unpaired) electrons. The SMILES string of the molecule is COC1CCN(C(=O)c2cc(C(=N)\C=C/C=C(Cl)/C=C/C(N)=O)ccc2F)CC1. The van der Waals surface area contributed by atoms with Crippen molar-refractivity contribution in [1.82, 2.24) is 4.90 Å². The predicted molar refractivity (Wildman–Crippen MR) is 111 cm³/mol. The third-order valence-corrected chi connectivity index (χ3v) is 4.75. The maximum absolute atomic E-state index is 14.3. The molecule has 0 aromatic heterocycles.